The third-order valence-electron chi connectivity index (χ3n) is 5.81. The van der Waals surface area contributed by atoms with Gasteiger partial charge < -0.3 is 14.9 Å². The van der Waals surface area contributed by atoms with Crippen LogP contribution in [0.4, 0.5) is 5.82 Å². The molecule has 4 heterocycles. The summed E-state index contributed by atoms with van der Waals surface area (Å²) in [6, 6.07) is 8.33. The molecule has 0 aromatic carbocycles. The Kier molecular flexibility index (Phi) is 6.01. The summed E-state index contributed by atoms with van der Waals surface area (Å²) in [5.41, 5.74) is 0. The minimum atomic E-state index is -0.259. The van der Waals surface area contributed by atoms with Gasteiger partial charge >= 0.3 is 0 Å². The van der Waals surface area contributed by atoms with Gasteiger partial charge in [-0.3, -0.25) is 9.58 Å². The van der Waals surface area contributed by atoms with Crippen LogP contribution < -0.4 is 4.90 Å². The quantitative estimate of drug-likeness (QED) is 0.816. The van der Waals surface area contributed by atoms with Crippen LogP contribution in [-0.2, 0) is 6.54 Å². The molecule has 2 atom stereocenters. The second-order valence-corrected chi connectivity index (χ2v) is 7.56. The summed E-state index contributed by atoms with van der Waals surface area (Å²) in [4.78, 5) is 11.7. The van der Waals surface area contributed by atoms with Crippen LogP contribution in [0, 0.1) is 0 Å². The highest BCUT2D eigenvalue weighted by Gasteiger charge is 2.33. The van der Waals surface area contributed by atoms with Gasteiger partial charge in [-0.15, -0.1) is 0 Å². The number of aromatic nitrogens is 3. The number of hydrogen-bond donors (Lipinski definition) is 1. The second-order valence-electron chi connectivity index (χ2n) is 7.56. The molecule has 0 radical (unpaired) electrons. The summed E-state index contributed by atoms with van der Waals surface area (Å²) >= 11 is 0. The van der Waals surface area contributed by atoms with E-state index in [4.69, 9.17) is 0 Å². The van der Waals surface area contributed by atoms with Gasteiger partial charge in [0, 0.05) is 70.4 Å². The smallest absolute Gasteiger partial charge is 0.128 e. The van der Waals surface area contributed by atoms with E-state index < -0.39 is 0 Å². The van der Waals surface area contributed by atoms with E-state index in [1.807, 2.05) is 41.5 Å². The van der Waals surface area contributed by atoms with Crippen LogP contribution in [0.15, 0.2) is 42.9 Å². The van der Waals surface area contributed by atoms with Crippen molar-refractivity contribution < 1.29 is 5.11 Å². The van der Waals surface area contributed by atoms with Crippen LogP contribution in [0.2, 0.25) is 0 Å². The summed E-state index contributed by atoms with van der Waals surface area (Å²) < 4.78 is 1.98. The molecule has 2 aromatic heterocycles. The first-order chi connectivity index (χ1) is 13.3. The first-order valence-corrected chi connectivity index (χ1v) is 10.1. The van der Waals surface area contributed by atoms with Gasteiger partial charge in [-0.05, 0) is 37.6 Å². The second kappa shape index (κ2) is 8.82. The van der Waals surface area contributed by atoms with Gasteiger partial charge in [-0.25, -0.2) is 4.98 Å². The van der Waals surface area contributed by atoms with Crippen molar-refractivity contribution in [2.75, 3.05) is 50.7 Å². The van der Waals surface area contributed by atoms with E-state index in [9.17, 15) is 5.11 Å². The minimum Gasteiger partial charge on any atom is -0.390 e. The van der Waals surface area contributed by atoms with E-state index in [0.717, 1.165) is 71.0 Å². The van der Waals surface area contributed by atoms with Crippen molar-refractivity contribution in [1.29, 1.82) is 0 Å². The van der Waals surface area contributed by atoms with E-state index in [1.54, 1.807) is 0 Å². The van der Waals surface area contributed by atoms with Crippen LogP contribution >= 0.6 is 0 Å². The molecule has 2 aliphatic rings. The first-order valence-electron chi connectivity index (χ1n) is 10.1. The van der Waals surface area contributed by atoms with Gasteiger partial charge in [0.2, 0.25) is 0 Å². The van der Waals surface area contributed by atoms with Crippen LogP contribution in [0.3, 0.4) is 0 Å². The molecule has 0 unspecified atom stereocenters. The third-order valence-corrected chi connectivity index (χ3v) is 5.81. The summed E-state index contributed by atoms with van der Waals surface area (Å²) in [6.07, 6.45) is 7.54. The molecule has 27 heavy (non-hydrogen) atoms. The Morgan fingerprint density at radius 3 is 2.59 bits per heavy atom. The number of aryl methyl sites for hydroxylation is 1. The standard InChI is InChI=1S/C20H30N6O/c27-19-17-23(9-4-11-26-10-3-8-22-26)12-6-18(19)24-13-15-25(16-14-24)20-5-1-2-7-21-20/h1-3,5,7-8,10,18-19,27H,4,6,9,11-17H2/t18-,19-/m1/s1. The molecule has 0 amide bonds. The number of piperazine rings is 1. The molecule has 0 bridgehead atoms. The molecule has 2 aliphatic heterocycles. The molecule has 2 fully saturated rings. The van der Waals surface area contributed by atoms with Gasteiger partial charge in [0.25, 0.3) is 0 Å². The Bertz CT molecular complexity index is 671. The van der Waals surface area contributed by atoms with Crippen LogP contribution in [-0.4, -0.2) is 87.6 Å². The fraction of sp³-hybridized carbons (Fsp3) is 0.600. The fourth-order valence-electron chi connectivity index (χ4n) is 4.33. The van der Waals surface area contributed by atoms with E-state index >= 15 is 0 Å². The largest absolute Gasteiger partial charge is 0.390 e. The lowest BCUT2D eigenvalue weighted by molar-refractivity contribution is -0.0153. The number of nitrogens with zero attached hydrogens (tertiary/aromatic N) is 6. The Morgan fingerprint density at radius 2 is 1.89 bits per heavy atom. The molecule has 4 rings (SSSR count). The number of pyridine rings is 1. The molecule has 7 heteroatoms. The molecule has 7 nitrogen and oxygen atoms in total. The highest BCUT2D eigenvalue weighted by Crippen LogP contribution is 2.21. The Balaban J connectivity index is 1.21. The number of aliphatic hydroxyl groups is 1. The van der Waals surface area contributed by atoms with E-state index in [-0.39, 0.29) is 6.10 Å². The molecular weight excluding hydrogens is 340 g/mol. The van der Waals surface area contributed by atoms with Crippen LogP contribution in [0.5, 0.6) is 0 Å². The zero-order valence-corrected chi connectivity index (χ0v) is 15.9. The Morgan fingerprint density at radius 1 is 1.00 bits per heavy atom. The number of anilines is 1. The SMILES string of the molecule is O[C@@H]1CN(CCCn2cccn2)CC[C@H]1N1CCN(c2ccccn2)CC1. The number of likely N-dealkylation sites (tertiary alicyclic amines) is 1. The minimum absolute atomic E-state index is 0.259. The molecular formula is C20H30N6O. The third kappa shape index (κ3) is 4.66. The van der Waals surface area contributed by atoms with E-state index in [0.29, 0.717) is 6.04 Å². The number of aliphatic hydroxyl groups excluding tert-OH is 1. The lowest BCUT2D eigenvalue weighted by Gasteiger charge is -2.45. The highest BCUT2D eigenvalue weighted by atomic mass is 16.3. The predicted molar refractivity (Wildman–Crippen MR) is 106 cm³/mol. The topological polar surface area (TPSA) is 60.7 Å². The lowest BCUT2D eigenvalue weighted by Crippen LogP contribution is -2.59. The lowest BCUT2D eigenvalue weighted by atomic mass is 9.99. The van der Waals surface area contributed by atoms with Gasteiger partial charge in [-0.2, -0.15) is 5.10 Å². The number of rotatable bonds is 6. The molecule has 0 saturated carbocycles. The average Bonchev–Trinajstić information content (AvgIpc) is 3.23. The maximum Gasteiger partial charge on any atom is 0.128 e. The molecule has 0 spiro atoms. The molecule has 2 aromatic rings. The Labute approximate surface area is 161 Å². The summed E-state index contributed by atoms with van der Waals surface area (Å²) in [7, 11) is 0. The van der Waals surface area contributed by atoms with Crippen LogP contribution in [0.25, 0.3) is 0 Å². The van der Waals surface area contributed by atoms with Crippen LogP contribution in [0.1, 0.15) is 12.8 Å². The zero-order valence-electron chi connectivity index (χ0n) is 15.9. The molecule has 146 valence electrons. The maximum absolute atomic E-state index is 10.7. The Hall–Kier alpha value is -1.96. The number of hydrogen-bond acceptors (Lipinski definition) is 6. The van der Waals surface area contributed by atoms with Crippen molar-refractivity contribution in [2.45, 2.75) is 31.5 Å². The van der Waals surface area contributed by atoms with Crippen molar-refractivity contribution >= 4 is 5.82 Å². The summed E-state index contributed by atoms with van der Waals surface area (Å²) in [5.74, 6) is 1.06. The summed E-state index contributed by atoms with van der Waals surface area (Å²) in [6.45, 7) is 7.78. The molecule has 1 N–H and O–H groups in total. The normalized spacial score (nSPS) is 25.0. The highest BCUT2D eigenvalue weighted by molar-refractivity contribution is 5.38. The van der Waals surface area contributed by atoms with Crippen molar-refractivity contribution in [3.63, 3.8) is 0 Å². The predicted octanol–water partition coefficient (Wildman–Crippen LogP) is 0.926. The zero-order chi connectivity index (χ0) is 18.5. The molecule has 2 saturated heterocycles. The van der Waals surface area contributed by atoms with Gasteiger partial charge in [0.05, 0.1) is 6.10 Å². The fourth-order valence-corrected chi connectivity index (χ4v) is 4.33. The number of β-amino-alcohol motifs (C(OH)–C–C–N with tert-alkyl or cyclic N) is 1. The van der Waals surface area contributed by atoms with E-state index in [1.165, 1.54) is 0 Å². The van der Waals surface area contributed by atoms with Gasteiger partial charge in [-0.1, -0.05) is 6.07 Å². The van der Waals surface area contributed by atoms with Crippen molar-refractivity contribution in [1.82, 2.24) is 24.6 Å². The van der Waals surface area contributed by atoms with E-state index in [2.05, 4.69) is 30.8 Å². The van der Waals surface area contributed by atoms with Gasteiger partial charge in [0.15, 0.2) is 0 Å². The average molecular weight is 371 g/mol. The van der Waals surface area contributed by atoms with Crippen molar-refractivity contribution in [2.24, 2.45) is 0 Å². The number of piperidine rings is 1. The van der Waals surface area contributed by atoms with Crippen molar-refractivity contribution in [3.8, 4) is 0 Å². The maximum atomic E-state index is 10.7. The monoisotopic (exact) mass is 370 g/mol. The van der Waals surface area contributed by atoms with Crippen molar-refractivity contribution in [3.05, 3.63) is 42.9 Å². The van der Waals surface area contributed by atoms with Gasteiger partial charge in [0.1, 0.15) is 5.82 Å². The molecule has 0 aliphatic carbocycles. The summed E-state index contributed by atoms with van der Waals surface area (Å²) in [5, 5.41) is 15.0. The first kappa shape index (κ1) is 18.4.